The number of hydrogen-bond donors (Lipinski definition) is 0. The van der Waals surface area contributed by atoms with Gasteiger partial charge in [0.1, 0.15) is 0 Å². The van der Waals surface area contributed by atoms with Gasteiger partial charge in [-0.3, -0.25) is 0 Å². The summed E-state index contributed by atoms with van der Waals surface area (Å²) in [6, 6.07) is 4.66. The maximum absolute atomic E-state index is 2.33. The number of fused-ring (bicyclic) bond motifs is 1. The summed E-state index contributed by atoms with van der Waals surface area (Å²) in [5.41, 5.74) is 3.06. The second kappa shape index (κ2) is 4.42. The number of rotatable bonds is 2. The largest absolute Gasteiger partial charge is 0.113 e. The van der Waals surface area contributed by atoms with Crippen LogP contribution in [-0.4, -0.2) is 5.08 Å². The monoisotopic (exact) mass is 238 g/mol. The lowest BCUT2D eigenvalue weighted by atomic mass is 9.97. The standard InChI is InChI=1S/C13H18S2/c1-8(2)10-5-6-11(9(3)4)13-12(10)14-7-15-13/h5-6,8-9H,7H2,1-4H3. The first-order valence-electron chi connectivity index (χ1n) is 5.53. The molecule has 0 nitrogen and oxygen atoms in total. The van der Waals surface area contributed by atoms with Crippen LogP contribution in [0.1, 0.15) is 50.7 Å². The Bertz CT molecular complexity index is 332. The lowest BCUT2D eigenvalue weighted by Gasteiger charge is -2.16. The molecule has 0 fully saturated rings. The van der Waals surface area contributed by atoms with E-state index in [0.29, 0.717) is 11.8 Å². The Balaban J connectivity index is 2.54. The molecule has 0 aromatic heterocycles. The maximum atomic E-state index is 2.33. The molecule has 0 saturated heterocycles. The molecule has 0 bridgehead atoms. The van der Waals surface area contributed by atoms with Crippen LogP contribution < -0.4 is 0 Å². The summed E-state index contributed by atoms with van der Waals surface area (Å²) in [5, 5.41) is 1.19. The minimum atomic E-state index is 0.645. The molecule has 1 heterocycles. The fourth-order valence-electron chi connectivity index (χ4n) is 1.95. The zero-order valence-corrected chi connectivity index (χ0v) is 11.5. The normalized spacial score (nSPS) is 15.1. The predicted molar refractivity (Wildman–Crippen MR) is 71.2 cm³/mol. The summed E-state index contributed by atoms with van der Waals surface area (Å²) in [4.78, 5) is 3.11. The number of thioether (sulfide) groups is 2. The van der Waals surface area contributed by atoms with Gasteiger partial charge in [0, 0.05) is 14.9 Å². The molecule has 1 aromatic carbocycles. The minimum Gasteiger partial charge on any atom is -0.113 e. The van der Waals surface area contributed by atoms with Crippen LogP contribution in [0.4, 0.5) is 0 Å². The van der Waals surface area contributed by atoms with Gasteiger partial charge in [0.2, 0.25) is 0 Å². The Labute approximate surface area is 101 Å². The van der Waals surface area contributed by atoms with Crippen LogP contribution in [0, 0.1) is 0 Å². The van der Waals surface area contributed by atoms with Crippen molar-refractivity contribution in [3.8, 4) is 0 Å². The van der Waals surface area contributed by atoms with Gasteiger partial charge in [-0.2, -0.15) is 0 Å². The van der Waals surface area contributed by atoms with E-state index in [0.717, 1.165) is 0 Å². The Morgan fingerprint density at radius 2 is 1.27 bits per heavy atom. The molecule has 0 saturated carbocycles. The third kappa shape index (κ3) is 2.07. The molecule has 2 rings (SSSR count). The molecule has 0 aliphatic carbocycles. The predicted octanol–water partition coefficient (Wildman–Crippen LogP) is 5.09. The van der Waals surface area contributed by atoms with E-state index in [9.17, 15) is 0 Å². The van der Waals surface area contributed by atoms with Crippen molar-refractivity contribution < 1.29 is 0 Å². The van der Waals surface area contributed by atoms with Gasteiger partial charge in [0.25, 0.3) is 0 Å². The SMILES string of the molecule is CC(C)c1ccc(C(C)C)c2c1SCS2. The zero-order chi connectivity index (χ0) is 11.0. The third-order valence-corrected chi connectivity index (χ3v) is 5.35. The second-order valence-electron chi connectivity index (χ2n) is 4.62. The van der Waals surface area contributed by atoms with Crippen molar-refractivity contribution in [3.05, 3.63) is 23.3 Å². The van der Waals surface area contributed by atoms with Crippen LogP contribution in [0.15, 0.2) is 21.9 Å². The average molecular weight is 238 g/mol. The van der Waals surface area contributed by atoms with Gasteiger partial charge in [-0.25, -0.2) is 0 Å². The van der Waals surface area contributed by atoms with Crippen LogP contribution in [0.3, 0.4) is 0 Å². The van der Waals surface area contributed by atoms with Crippen LogP contribution in [0.5, 0.6) is 0 Å². The van der Waals surface area contributed by atoms with Crippen molar-refractivity contribution in [1.82, 2.24) is 0 Å². The van der Waals surface area contributed by atoms with E-state index in [1.54, 1.807) is 9.79 Å². The molecular weight excluding hydrogens is 220 g/mol. The smallest absolute Gasteiger partial charge is 0.0487 e. The Morgan fingerprint density at radius 1 is 0.867 bits per heavy atom. The first-order chi connectivity index (χ1) is 7.11. The molecular formula is C13H18S2. The second-order valence-corrected chi connectivity index (χ2v) is 6.95. The molecule has 0 atom stereocenters. The third-order valence-electron chi connectivity index (χ3n) is 2.82. The van der Waals surface area contributed by atoms with Gasteiger partial charge in [-0.05, 0) is 23.0 Å². The van der Waals surface area contributed by atoms with Crippen molar-refractivity contribution in [2.75, 3.05) is 5.08 Å². The fraction of sp³-hybridized carbons (Fsp3) is 0.538. The fourth-order valence-corrected chi connectivity index (χ4v) is 4.92. The van der Waals surface area contributed by atoms with Crippen molar-refractivity contribution >= 4 is 23.5 Å². The van der Waals surface area contributed by atoms with E-state index in [1.165, 1.54) is 16.2 Å². The van der Waals surface area contributed by atoms with Crippen LogP contribution >= 0.6 is 23.5 Å². The summed E-state index contributed by atoms with van der Waals surface area (Å²) < 4.78 is 0. The van der Waals surface area contributed by atoms with Crippen LogP contribution in [0.25, 0.3) is 0 Å². The number of hydrogen-bond acceptors (Lipinski definition) is 2. The van der Waals surface area contributed by atoms with Crippen molar-refractivity contribution in [2.45, 2.75) is 49.3 Å². The van der Waals surface area contributed by atoms with Gasteiger partial charge in [-0.15, -0.1) is 23.5 Å². The van der Waals surface area contributed by atoms with Gasteiger partial charge in [0.05, 0.1) is 0 Å². The maximum Gasteiger partial charge on any atom is 0.0487 e. The summed E-state index contributed by atoms with van der Waals surface area (Å²) in [6.45, 7) is 9.14. The highest BCUT2D eigenvalue weighted by atomic mass is 32.2. The average Bonchev–Trinajstić information content (AvgIpc) is 2.63. The molecule has 0 amide bonds. The summed E-state index contributed by atoms with van der Waals surface area (Å²) >= 11 is 4.03. The summed E-state index contributed by atoms with van der Waals surface area (Å²) in [5.74, 6) is 1.29. The van der Waals surface area contributed by atoms with E-state index in [2.05, 4.69) is 39.8 Å². The molecule has 82 valence electrons. The van der Waals surface area contributed by atoms with E-state index < -0.39 is 0 Å². The molecule has 1 aliphatic rings. The van der Waals surface area contributed by atoms with E-state index >= 15 is 0 Å². The molecule has 15 heavy (non-hydrogen) atoms. The topological polar surface area (TPSA) is 0 Å². The van der Waals surface area contributed by atoms with Crippen LogP contribution in [0.2, 0.25) is 0 Å². The van der Waals surface area contributed by atoms with Crippen molar-refractivity contribution in [2.24, 2.45) is 0 Å². The molecule has 0 unspecified atom stereocenters. The van der Waals surface area contributed by atoms with E-state index in [1.807, 2.05) is 23.5 Å². The van der Waals surface area contributed by atoms with E-state index in [-0.39, 0.29) is 0 Å². The van der Waals surface area contributed by atoms with Gasteiger partial charge in [0.15, 0.2) is 0 Å². The highest BCUT2D eigenvalue weighted by Gasteiger charge is 2.22. The Hall–Kier alpha value is -0.0800. The first kappa shape index (κ1) is 11.4. The lowest BCUT2D eigenvalue weighted by molar-refractivity contribution is 0.793. The zero-order valence-electron chi connectivity index (χ0n) is 9.83. The molecule has 2 heteroatoms. The molecule has 0 N–H and O–H groups in total. The van der Waals surface area contributed by atoms with Gasteiger partial charge < -0.3 is 0 Å². The number of benzene rings is 1. The Morgan fingerprint density at radius 3 is 1.60 bits per heavy atom. The highest BCUT2D eigenvalue weighted by Crippen LogP contribution is 2.48. The Kier molecular flexibility index (Phi) is 3.36. The quantitative estimate of drug-likeness (QED) is 0.704. The molecule has 1 aliphatic heterocycles. The molecule has 1 aromatic rings. The first-order valence-corrected chi connectivity index (χ1v) is 7.50. The van der Waals surface area contributed by atoms with Crippen molar-refractivity contribution in [1.29, 1.82) is 0 Å². The van der Waals surface area contributed by atoms with Crippen LogP contribution in [-0.2, 0) is 0 Å². The molecule has 0 spiro atoms. The molecule has 0 radical (unpaired) electrons. The lowest BCUT2D eigenvalue weighted by Crippen LogP contribution is -1.96. The summed E-state index contributed by atoms with van der Waals surface area (Å²) in [7, 11) is 0. The van der Waals surface area contributed by atoms with E-state index in [4.69, 9.17) is 0 Å². The van der Waals surface area contributed by atoms with Gasteiger partial charge in [-0.1, -0.05) is 39.8 Å². The van der Waals surface area contributed by atoms with Gasteiger partial charge >= 0.3 is 0 Å². The minimum absolute atomic E-state index is 0.645. The van der Waals surface area contributed by atoms with Crippen molar-refractivity contribution in [3.63, 3.8) is 0 Å². The summed E-state index contributed by atoms with van der Waals surface area (Å²) in [6.07, 6.45) is 0. The highest BCUT2D eigenvalue weighted by molar-refractivity contribution is 8.18.